The van der Waals surface area contributed by atoms with Gasteiger partial charge in [0.15, 0.2) is 5.96 Å². The molecule has 0 spiro atoms. The molecule has 2 saturated heterocycles. The first kappa shape index (κ1) is 21.4. The third-order valence-corrected chi connectivity index (χ3v) is 6.14. The van der Waals surface area contributed by atoms with Crippen molar-refractivity contribution in [3.05, 3.63) is 59.5 Å². The lowest BCUT2D eigenvalue weighted by Gasteiger charge is -2.26. The third kappa shape index (κ3) is 5.67. The van der Waals surface area contributed by atoms with E-state index in [4.69, 9.17) is 4.42 Å². The molecule has 0 saturated carbocycles. The molecule has 166 valence electrons. The summed E-state index contributed by atoms with van der Waals surface area (Å²) >= 11 is 0. The molecular formula is C24H33N5O2. The highest BCUT2D eigenvalue weighted by molar-refractivity contribution is 5.79. The lowest BCUT2D eigenvalue weighted by Crippen LogP contribution is -2.42. The van der Waals surface area contributed by atoms with Gasteiger partial charge >= 0.3 is 0 Å². The van der Waals surface area contributed by atoms with Crippen LogP contribution >= 0.6 is 0 Å². The van der Waals surface area contributed by atoms with Crippen molar-refractivity contribution in [2.24, 2.45) is 4.99 Å². The molecule has 0 radical (unpaired) electrons. The van der Waals surface area contributed by atoms with Crippen molar-refractivity contribution in [3.63, 3.8) is 0 Å². The third-order valence-electron chi connectivity index (χ3n) is 6.14. The largest absolute Gasteiger partial charge is 0.468 e. The van der Waals surface area contributed by atoms with Crippen molar-refractivity contribution >= 4 is 11.9 Å². The van der Waals surface area contributed by atoms with E-state index in [1.807, 2.05) is 11.0 Å². The number of rotatable bonds is 8. The minimum atomic E-state index is 0.206. The van der Waals surface area contributed by atoms with Crippen molar-refractivity contribution in [1.29, 1.82) is 0 Å². The molecule has 4 rings (SSSR count). The van der Waals surface area contributed by atoms with E-state index >= 15 is 0 Å². The Labute approximate surface area is 184 Å². The van der Waals surface area contributed by atoms with Crippen LogP contribution in [0.5, 0.6) is 0 Å². The Bertz CT molecular complexity index is 874. The molecule has 7 heteroatoms. The van der Waals surface area contributed by atoms with Crippen molar-refractivity contribution in [2.45, 2.75) is 44.8 Å². The summed E-state index contributed by atoms with van der Waals surface area (Å²) in [4.78, 5) is 20.7. The molecule has 2 N–H and O–H groups in total. The van der Waals surface area contributed by atoms with Crippen LogP contribution in [0.1, 0.15) is 48.6 Å². The van der Waals surface area contributed by atoms with Crippen LogP contribution in [0.15, 0.2) is 52.1 Å². The predicted molar refractivity (Wildman–Crippen MR) is 122 cm³/mol. The smallest absolute Gasteiger partial charge is 0.222 e. The minimum Gasteiger partial charge on any atom is -0.468 e. The molecule has 2 aliphatic heterocycles. The number of hydrogen-bond donors (Lipinski definition) is 2. The van der Waals surface area contributed by atoms with Gasteiger partial charge < -0.3 is 20.0 Å². The molecule has 0 aliphatic carbocycles. The maximum absolute atomic E-state index is 11.9. The fourth-order valence-electron chi connectivity index (χ4n) is 4.47. The Balaban J connectivity index is 1.31. The summed E-state index contributed by atoms with van der Waals surface area (Å²) in [7, 11) is 1.79. The second kappa shape index (κ2) is 10.5. The molecule has 2 aromatic rings. The van der Waals surface area contributed by atoms with Crippen molar-refractivity contribution in [1.82, 2.24) is 20.4 Å². The lowest BCUT2D eigenvalue weighted by atomic mass is 10.1. The quantitative estimate of drug-likeness (QED) is 0.505. The zero-order valence-corrected chi connectivity index (χ0v) is 18.3. The maximum atomic E-state index is 11.9. The number of guanidine groups is 1. The molecule has 1 unspecified atom stereocenters. The van der Waals surface area contributed by atoms with Crippen molar-refractivity contribution < 1.29 is 9.21 Å². The normalized spacial score (nSPS) is 18.5. The molecule has 1 amide bonds. The molecule has 7 nitrogen and oxygen atoms in total. The fourth-order valence-corrected chi connectivity index (χ4v) is 4.47. The number of benzene rings is 1. The molecule has 1 aromatic heterocycles. The Morgan fingerprint density at radius 2 is 1.94 bits per heavy atom. The summed E-state index contributed by atoms with van der Waals surface area (Å²) in [5.41, 5.74) is 2.35. The first-order valence-electron chi connectivity index (χ1n) is 11.3. The average Bonchev–Trinajstić information content (AvgIpc) is 3.56. The lowest BCUT2D eigenvalue weighted by molar-refractivity contribution is -0.128. The van der Waals surface area contributed by atoms with Crippen LogP contribution in [0.25, 0.3) is 0 Å². The van der Waals surface area contributed by atoms with Gasteiger partial charge in [-0.3, -0.25) is 14.7 Å². The van der Waals surface area contributed by atoms with Gasteiger partial charge in [-0.15, -0.1) is 0 Å². The standard InChI is InChI=1S/C24H33N5O2/c1-25-24(27-17-21(22-9-6-14-31-22)28-11-2-3-12-28)26-16-19-7-4-8-20(15-19)18-29-13-5-10-23(29)30/h4,6-9,14-15,21H,2-3,5,10-13,16-18H2,1H3,(H2,25,26,27). The molecular weight excluding hydrogens is 390 g/mol. The zero-order chi connectivity index (χ0) is 21.5. The molecule has 31 heavy (non-hydrogen) atoms. The van der Waals surface area contributed by atoms with Gasteiger partial charge in [0.1, 0.15) is 5.76 Å². The van der Waals surface area contributed by atoms with Gasteiger partial charge in [0.2, 0.25) is 5.91 Å². The number of furan rings is 1. The molecule has 2 aliphatic rings. The van der Waals surface area contributed by atoms with Crippen LogP contribution in [-0.2, 0) is 17.9 Å². The maximum Gasteiger partial charge on any atom is 0.222 e. The minimum absolute atomic E-state index is 0.206. The highest BCUT2D eigenvalue weighted by atomic mass is 16.3. The summed E-state index contributed by atoms with van der Waals surface area (Å²) in [6.07, 6.45) is 5.87. The van der Waals surface area contributed by atoms with E-state index in [0.29, 0.717) is 19.5 Å². The summed E-state index contributed by atoms with van der Waals surface area (Å²) in [6, 6.07) is 12.6. The summed E-state index contributed by atoms with van der Waals surface area (Å²) in [6.45, 7) is 5.18. The number of carbonyl (C=O) groups excluding carboxylic acids is 1. The number of amides is 1. The van der Waals surface area contributed by atoms with E-state index in [1.54, 1.807) is 13.3 Å². The predicted octanol–water partition coefficient (Wildman–Crippen LogP) is 2.90. The summed E-state index contributed by atoms with van der Waals surface area (Å²) < 4.78 is 5.71. The van der Waals surface area contributed by atoms with Gasteiger partial charge in [-0.1, -0.05) is 24.3 Å². The van der Waals surface area contributed by atoms with Crippen LogP contribution in [0, 0.1) is 0 Å². The highest BCUT2D eigenvalue weighted by Crippen LogP contribution is 2.24. The van der Waals surface area contributed by atoms with Crippen LogP contribution in [0.3, 0.4) is 0 Å². The Morgan fingerprint density at radius 1 is 1.10 bits per heavy atom. The second-order valence-electron chi connectivity index (χ2n) is 8.32. The Hall–Kier alpha value is -2.80. The van der Waals surface area contributed by atoms with Gasteiger partial charge in [-0.2, -0.15) is 0 Å². The number of aliphatic imine (C=N–C) groups is 1. The van der Waals surface area contributed by atoms with E-state index in [1.165, 1.54) is 24.0 Å². The summed E-state index contributed by atoms with van der Waals surface area (Å²) in [5, 5.41) is 6.88. The Morgan fingerprint density at radius 3 is 2.65 bits per heavy atom. The van der Waals surface area contributed by atoms with E-state index in [2.05, 4.69) is 50.9 Å². The average molecular weight is 424 g/mol. The first-order chi connectivity index (χ1) is 15.2. The number of carbonyl (C=O) groups is 1. The van der Waals surface area contributed by atoms with E-state index in [0.717, 1.165) is 44.3 Å². The van der Waals surface area contributed by atoms with Crippen molar-refractivity contribution in [2.75, 3.05) is 33.2 Å². The van der Waals surface area contributed by atoms with Gasteiger partial charge in [-0.05, 0) is 55.6 Å². The van der Waals surface area contributed by atoms with Crippen LogP contribution in [0.4, 0.5) is 0 Å². The SMILES string of the molecule is CN=C(NCc1cccc(CN2CCCC2=O)c1)NCC(c1ccco1)N1CCCC1. The van der Waals surface area contributed by atoms with E-state index in [-0.39, 0.29) is 11.9 Å². The van der Waals surface area contributed by atoms with Crippen LogP contribution in [0.2, 0.25) is 0 Å². The topological polar surface area (TPSA) is 73.1 Å². The van der Waals surface area contributed by atoms with Gasteiger partial charge in [0, 0.05) is 39.6 Å². The first-order valence-corrected chi connectivity index (χ1v) is 11.3. The molecule has 2 fully saturated rings. The van der Waals surface area contributed by atoms with Gasteiger partial charge in [0.05, 0.1) is 12.3 Å². The van der Waals surface area contributed by atoms with Crippen LogP contribution in [-0.4, -0.2) is 54.9 Å². The number of likely N-dealkylation sites (tertiary alicyclic amines) is 2. The van der Waals surface area contributed by atoms with Gasteiger partial charge in [-0.25, -0.2) is 0 Å². The second-order valence-corrected chi connectivity index (χ2v) is 8.32. The van der Waals surface area contributed by atoms with Gasteiger partial charge in [0.25, 0.3) is 0 Å². The van der Waals surface area contributed by atoms with E-state index in [9.17, 15) is 4.79 Å². The number of nitrogens with one attached hydrogen (secondary N) is 2. The zero-order valence-electron chi connectivity index (χ0n) is 18.3. The van der Waals surface area contributed by atoms with Crippen LogP contribution < -0.4 is 10.6 Å². The molecule has 1 aromatic carbocycles. The highest BCUT2D eigenvalue weighted by Gasteiger charge is 2.25. The Kier molecular flexibility index (Phi) is 7.25. The summed E-state index contributed by atoms with van der Waals surface area (Å²) in [5.74, 6) is 2.03. The molecule has 1 atom stereocenters. The monoisotopic (exact) mass is 423 g/mol. The molecule has 3 heterocycles. The number of nitrogens with zero attached hydrogens (tertiary/aromatic N) is 3. The fraction of sp³-hybridized carbons (Fsp3) is 0.500. The number of hydrogen-bond acceptors (Lipinski definition) is 4. The molecule has 0 bridgehead atoms. The van der Waals surface area contributed by atoms with E-state index < -0.39 is 0 Å². The van der Waals surface area contributed by atoms with Crippen molar-refractivity contribution in [3.8, 4) is 0 Å².